The number of allylic oxidation sites excluding steroid dienone is 4. The van der Waals surface area contributed by atoms with Crippen molar-refractivity contribution in [3.05, 3.63) is 23.3 Å². The molecule has 18 heavy (non-hydrogen) atoms. The molecule has 0 aromatic rings. The van der Waals surface area contributed by atoms with Gasteiger partial charge >= 0.3 is 0 Å². The first-order valence-electron chi connectivity index (χ1n) is 7.91. The van der Waals surface area contributed by atoms with Gasteiger partial charge in [-0.15, -0.1) is 0 Å². The molecule has 3 aliphatic carbocycles. The molecule has 0 saturated heterocycles. The molecule has 3 aliphatic rings. The predicted molar refractivity (Wildman–Crippen MR) is 78.3 cm³/mol. The first-order valence-corrected chi connectivity index (χ1v) is 7.91. The van der Waals surface area contributed by atoms with Gasteiger partial charge < -0.3 is 0 Å². The van der Waals surface area contributed by atoms with Crippen molar-refractivity contribution in [3.8, 4) is 0 Å². The highest BCUT2D eigenvalue weighted by atomic mass is 14.5. The fraction of sp³-hybridized carbons (Fsp3) is 0.778. The molecule has 0 bridgehead atoms. The minimum Gasteiger partial charge on any atom is -0.0810 e. The van der Waals surface area contributed by atoms with Crippen molar-refractivity contribution in [2.75, 3.05) is 0 Å². The maximum absolute atomic E-state index is 2.60. The number of hydrogen-bond acceptors (Lipinski definition) is 0. The Morgan fingerprint density at radius 3 is 2.67 bits per heavy atom. The molecule has 1 saturated carbocycles. The Hall–Kier alpha value is -0.520. The monoisotopic (exact) mass is 244 g/mol. The third-order valence-electron chi connectivity index (χ3n) is 6.27. The highest BCUT2D eigenvalue weighted by molar-refractivity contribution is 5.41. The Kier molecular flexibility index (Phi) is 2.95. The summed E-state index contributed by atoms with van der Waals surface area (Å²) < 4.78 is 0. The standard InChI is InChI=1S/C18H28/c1-12-10-14-6-5-7-17-15(16(14)11-12)9-8-13(2)18(17,3)4/h6,11-13,15,17H,5,7-10H2,1-4H3. The second-order valence-corrected chi connectivity index (χ2v) is 7.62. The maximum Gasteiger partial charge on any atom is -0.0129 e. The Balaban J connectivity index is 1.96. The summed E-state index contributed by atoms with van der Waals surface area (Å²) in [6.45, 7) is 9.91. The summed E-state index contributed by atoms with van der Waals surface area (Å²) in [6, 6.07) is 0. The van der Waals surface area contributed by atoms with Gasteiger partial charge in [-0.1, -0.05) is 39.8 Å². The first kappa shape index (κ1) is 12.5. The SMILES string of the molecule is CC1C=C2C(=CCCC3C2CCC(C)C3(C)C)C1. The van der Waals surface area contributed by atoms with Crippen LogP contribution in [0.4, 0.5) is 0 Å². The molecule has 0 nitrogen and oxygen atoms in total. The molecule has 3 rings (SSSR count). The van der Waals surface area contributed by atoms with Gasteiger partial charge in [0.1, 0.15) is 0 Å². The van der Waals surface area contributed by atoms with E-state index in [2.05, 4.69) is 39.8 Å². The predicted octanol–water partition coefficient (Wildman–Crippen LogP) is 5.36. The van der Waals surface area contributed by atoms with E-state index in [1.54, 1.807) is 11.1 Å². The van der Waals surface area contributed by atoms with E-state index in [0.29, 0.717) is 5.41 Å². The Labute approximate surface area is 113 Å². The zero-order valence-electron chi connectivity index (χ0n) is 12.5. The van der Waals surface area contributed by atoms with Crippen LogP contribution in [0.1, 0.15) is 59.8 Å². The highest BCUT2D eigenvalue weighted by Crippen LogP contribution is 2.55. The molecule has 4 atom stereocenters. The molecule has 100 valence electrons. The lowest BCUT2D eigenvalue weighted by Gasteiger charge is -2.48. The van der Waals surface area contributed by atoms with Gasteiger partial charge in [0, 0.05) is 0 Å². The molecule has 0 aromatic heterocycles. The van der Waals surface area contributed by atoms with E-state index in [9.17, 15) is 0 Å². The number of hydrogen-bond donors (Lipinski definition) is 0. The lowest BCUT2D eigenvalue weighted by molar-refractivity contribution is 0.0321. The van der Waals surface area contributed by atoms with E-state index >= 15 is 0 Å². The minimum absolute atomic E-state index is 0.527. The third-order valence-corrected chi connectivity index (χ3v) is 6.27. The Morgan fingerprint density at radius 1 is 1.11 bits per heavy atom. The third kappa shape index (κ3) is 1.80. The molecule has 0 heterocycles. The molecule has 0 aliphatic heterocycles. The summed E-state index contributed by atoms with van der Waals surface area (Å²) in [4.78, 5) is 0. The smallest absolute Gasteiger partial charge is 0.0129 e. The van der Waals surface area contributed by atoms with E-state index in [-0.39, 0.29) is 0 Å². The van der Waals surface area contributed by atoms with Crippen molar-refractivity contribution in [3.63, 3.8) is 0 Å². The first-order chi connectivity index (χ1) is 8.50. The topological polar surface area (TPSA) is 0 Å². The zero-order valence-corrected chi connectivity index (χ0v) is 12.5. The molecular weight excluding hydrogens is 216 g/mol. The zero-order chi connectivity index (χ0) is 12.9. The van der Waals surface area contributed by atoms with E-state index in [0.717, 1.165) is 23.7 Å². The fourth-order valence-electron chi connectivity index (χ4n) is 4.77. The van der Waals surface area contributed by atoms with Gasteiger partial charge in [0.05, 0.1) is 0 Å². The molecule has 4 unspecified atom stereocenters. The van der Waals surface area contributed by atoms with Crippen molar-refractivity contribution < 1.29 is 0 Å². The van der Waals surface area contributed by atoms with Crippen LogP contribution in [0.3, 0.4) is 0 Å². The van der Waals surface area contributed by atoms with Crippen molar-refractivity contribution in [1.82, 2.24) is 0 Å². The van der Waals surface area contributed by atoms with Crippen molar-refractivity contribution in [1.29, 1.82) is 0 Å². The van der Waals surface area contributed by atoms with E-state index < -0.39 is 0 Å². The van der Waals surface area contributed by atoms with Gasteiger partial charge in [0.2, 0.25) is 0 Å². The largest absolute Gasteiger partial charge is 0.0810 e. The molecule has 0 heteroatoms. The van der Waals surface area contributed by atoms with Crippen LogP contribution in [0.15, 0.2) is 23.3 Å². The van der Waals surface area contributed by atoms with Crippen molar-refractivity contribution in [2.45, 2.75) is 59.8 Å². The molecule has 0 amide bonds. The Bertz CT molecular complexity index is 396. The summed E-state index contributed by atoms with van der Waals surface area (Å²) in [6.07, 6.45) is 12.1. The second-order valence-electron chi connectivity index (χ2n) is 7.62. The van der Waals surface area contributed by atoms with Gasteiger partial charge in [0.25, 0.3) is 0 Å². The highest BCUT2D eigenvalue weighted by Gasteiger charge is 2.45. The van der Waals surface area contributed by atoms with Gasteiger partial charge in [-0.25, -0.2) is 0 Å². The van der Waals surface area contributed by atoms with E-state index in [1.165, 1.54) is 32.1 Å². The molecular formula is C18H28. The Morgan fingerprint density at radius 2 is 1.89 bits per heavy atom. The van der Waals surface area contributed by atoms with Gasteiger partial charge in [-0.05, 0) is 72.3 Å². The molecule has 0 N–H and O–H groups in total. The molecule has 0 spiro atoms. The average molecular weight is 244 g/mol. The summed E-state index contributed by atoms with van der Waals surface area (Å²) in [5, 5.41) is 0. The summed E-state index contributed by atoms with van der Waals surface area (Å²) in [7, 11) is 0. The van der Waals surface area contributed by atoms with Gasteiger partial charge in [-0.3, -0.25) is 0 Å². The van der Waals surface area contributed by atoms with Crippen LogP contribution in [0, 0.1) is 29.1 Å². The minimum atomic E-state index is 0.527. The van der Waals surface area contributed by atoms with Crippen molar-refractivity contribution in [2.24, 2.45) is 29.1 Å². The van der Waals surface area contributed by atoms with Crippen LogP contribution >= 0.6 is 0 Å². The molecule has 1 fully saturated rings. The fourth-order valence-corrected chi connectivity index (χ4v) is 4.77. The normalized spacial score (nSPS) is 42.4. The molecule has 0 radical (unpaired) electrons. The van der Waals surface area contributed by atoms with Crippen LogP contribution in [0.2, 0.25) is 0 Å². The van der Waals surface area contributed by atoms with Crippen LogP contribution in [-0.2, 0) is 0 Å². The van der Waals surface area contributed by atoms with E-state index in [1.807, 2.05) is 0 Å². The van der Waals surface area contributed by atoms with Crippen LogP contribution in [0.25, 0.3) is 0 Å². The summed E-state index contributed by atoms with van der Waals surface area (Å²) >= 11 is 0. The molecule has 0 aromatic carbocycles. The lowest BCUT2D eigenvalue weighted by atomic mass is 9.56. The van der Waals surface area contributed by atoms with Crippen molar-refractivity contribution >= 4 is 0 Å². The summed E-state index contributed by atoms with van der Waals surface area (Å²) in [5.74, 6) is 3.45. The maximum atomic E-state index is 2.60. The van der Waals surface area contributed by atoms with Crippen LogP contribution < -0.4 is 0 Å². The number of fused-ring (bicyclic) bond motifs is 3. The number of rotatable bonds is 0. The average Bonchev–Trinajstić information content (AvgIpc) is 2.57. The van der Waals surface area contributed by atoms with Gasteiger partial charge in [-0.2, -0.15) is 0 Å². The van der Waals surface area contributed by atoms with Crippen LogP contribution in [-0.4, -0.2) is 0 Å². The summed E-state index contributed by atoms with van der Waals surface area (Å²) in [5.41, 5.74) is 3.99. The van der Waals surface area contributed by atoms with Gasteiger partial charge in [0.15, 0.2) is 0 Å². The van der Waals surface area contributed by atoms with Crippen LogP contribution in [0.5, 0.6) is 0 Å². The van der Waals surface area contributed by atoms with E-state index in [4.69, 9.17) is 0 Å². The second kappa shape index (κ2) is 4.25. The quantitative estimate of drug-likeness (QED) is 0.538. The lowest BCUT2D eigenvalue weighted by Crippen LogP contribution is -2.40.